The van der Waals surface area contributed by atoms with Crippen molar-refractivity contribution in [1.29, 1.82) is 0 Å². The van der Waals surface area contributed by atoms with Crippen LogP contribution in [0.2, 0.25) is 0 Å². The zero-order valence-corrected chi connectivity index (χ0v) is 12.0. The molecule has 0 atom stereocenters. The molecule has 1 aromatic carbocycles. The molecule has 0 fully saturated rings. The lowest BCUT2D eigenvalue weighted by Crippen LogP contribution is -2.18. The Hall–Kier alpha value is -1.87. The van der Waals surface area contributed by atoms with E-state index in [4.69, 9.17) is 10.7 Å². The van der Waals surface area contributed by atoms with Crippen molar-refractivity contribution in [1.82, 2.24) is 4.98 Å². The van der Waals surface area contributed by atoms with E-state index in [9.17, 15) is 0 Å². The van der Waals surface area contributed by atoms with Gasteiger partial charge in [0.15, 0.2) is 0 Å². The van der Waals surface area contributed by atoms with E-state index in [2.05, 4.69) is 30.1 Å². The molecular weight excluding hydrogens is 246 g/mol. The highest BCUT2D eigenvalue weighted by Gasteiger charge is 2.17. The Morgan fingerprint density at radius 1 is 1.15 bits per heavy atom. The Labute approximate surface area is 120 Å². The third-order valence-electron chi connectivity index (χ3n) is 4.04. The lowest BCUT2D eigenvalue weighted by Gasteiger charge is -2.24. The zero-order valence-electron chi connectivity index (χ0n) is 12.0. The minimum absolute atomic E-state index is 0.535. The molecule has 20 heavy (non-hydrogen) atoms. The molecule has 3 heteroatoms. The van der Waals surface area contributed by atoms with Crippen LogP contribution in [0.15, 0.2) is 36.4 Å². The van der Waals surface area contributed by atoms with E-state index in [-0.39, 0.29) is 0 Å². The molecule has 0 saturated heterocycles. The second kappa shape index (κ2) is 5.63. The molecule has 3 rings (SSSR count). The molecule has 0 unspecified atom stereocenters. The fourth-order valence-corrected chi connectivity index (χ4v) is 2.88. The number of aromatic nitrogens is 1. The first-order valence-corrected chi connectivity index (χ1v) is 7.30. The molecule has 0 amide bonds. The number of fused-ring (bicyclic) bond motifs is 1. The van der Waals surface area contributed by atoms with Gasteiger partial charge in [0.1, 0.15) is 5.82 Å². The second-order valence-corrected chi connectivity index (χ2v) is 5.38. The summed E-state index contributed by atoms with van der Waals surface area (Å²) in [5, 5.41) is 0. The summed E-state index contributed by atoms with van der Waals surface area (Å²) in [6.45, 7) is 0.535. The topological polar surface area (TPSA) is 42.2 Å². The van der Waals surface area contributed by atoms with Crippen LogP contribution in [0.4, 0.5) is 11.5 Å². The first-order valence-electron chi connectivity index (χ1n) is 7.30. The van der Waals surface area contributed by atoms with Crippen molar-refractivity contribution in [3.63, 3.8) is 0 Å². The molecule has 3 nitrogen and oxygen atoms in total. The summed E-state index contributed by atoms with van der Waals surface area (Å²) in [6.07, 6.45) is 4.75. The minimum atomic E-state index is 0.535. The van der Waals surface area contributed by atoms with Gasteiger partial charge in [0.05, 0.1) is 0 Å². The predicted molar refractivity (Wildman–Crippen MR) is 83.3 cm³/mol. The molecule has 0 radical (unpaired) electrons. The SMILES string of the molecule is CN(c1ccccc1)c1nc2c(cc1CN)CCCC2. The number of benzene rings is 1. The summed E-state index contributed by atoms with van der Waals surface area (Å²) in [7, 11) is 2.06. The molecule has 104 valence electrons. The van der Waals surface area contributed by atoms with E-state index < -0.39 is 0 Å². The van der Waals surface area contributed by atoms with Crippen LogP contribution < -0.4 is 10.6 Å². The van der Waals surface area contributed by atoms with E-state index in [1.54, 1.807) is 0 Å². The van der Waals surface area contributed by atoms with E-state index >= 15 is 0 Å². The number of para-hydroxylation sites is 1. The van der Waals surface area contributed by atoms with Gasteiger partial charge in [-0.1, -0.05) is 18.2 Å². The lowest BCUT2D eigenvalue weighted by atomic mass is 9.94. The van der Waals surface area contributed by atoms with Gasteiger partial charge in [0, 0.05) is 30.5 Å². The van der Waals surface area contributed by atoms with Gasteiger partial charge in [-0.2, -0.15) is 0 Å². The molecule has 2 aromatic rings. The van der Waals surface area contributed by atoms with E-state index in [0.717, 1.165) is 29.9 Å². The van der Waals surface area contributed by atoms with E-state index in [1.807, 2.05) is 18.2 Å². The summed E-state index contributed by atoms with van der Waals surface area (Å²) >= 11 is 0. The van der Waals surface area contributed by atoms with Crippen molar-refractivity contribution in [3.8, 4) is 0 Å². The van der Waals surface area contributed by atoms with Crippen LogP contribution in [0.3, 0.4) is 0 Å². The predicted octanol–water partition coefficient (Wildman–Crippen LogP) is 3.19. The number of nitrogens with two attached hydrogens (primary N) is 1. The van der Waals surface area contributed by atoms with Gasteiger partial charge in [0.25, 0.3) is 0 Å². The number of hydrogen-bond donors (Lipinski definition) is 1. The molecule has 1 aliphatic carbocycles. The van der Waals surface area contributed by atoms with Gasteiger partial charge in [-0.15, -0.1) is 0 Å². The Morgan fingerprint density at radius 2 is 1.90 bits per heavy atom. The average Bonchev–Trinajstić information content (AvgIpc) is 2.53. The highest BCUT2D eigenvalue weighted by molar-refractivity contribution is 5.63. The quantitative estimate of drug-likeness (QED) is 0.928. The molecule has 0 spiro atoms. The molecule has 0 bridgehead atoms. The van der Waals surface area contributed by atoms with Crippen molar-refractivity contribution < 1.29 is 0 Å². The monoisotopic (exact) mass is 267 g/mol. The molecule has 1 heterocycles. The smallest absolute Gasteiger partial charge is 0.137 e. The highest BCUT2D eigenvalue weighted by Crippen LogP contribution is 2.29. The van der Waals surface area contributed by atoms with Crippen LogP contribution in [-0.4, -0.2) is 12.0 Å². The maximum atomic E-state index is 5.93. The molecule has 1 aliphatic rings. The Bertz CT molecular complexity index is 593. The second-order valence-electron chi connectivity index (χ2n) is 5.38. The van der Waals surface area contributed by atoms with Gasteiger partial charge in [-0.05, 0) is 49.4 Å². The number of pyridine rings is 1. The van der Waals surface area contributed by atoms with Crippen molar-refractivity contribution in [3.05, 3.63) is 53.2 Å². The maximum absolute atomic E-state index is 5.93. The van der Waals surface area contributed by atoms with Crippen LogP contribution in [0, 0.1) is 0 Å². The van der Waals surface area contributed by atoms with Crippen LogP contribution in [0.5, 0.6) is 0 Å². The van der Waals surface area contributed by atoms with Gasteiger partial charge in [0.2, 0.25) is 0 Å². The fraction of sp³-hybridized carbons (Fsp3) is 0.353. The summed E-state index contributed by atoms with van der Waals surface area (Å²) in [6, 6.07) is 12.6. The zero-order chi connectivity index (χ0) is 13.9. The van der Waals surface area contributed by atoms with Gasteiger partial charge in [-0.3, -0.25) is 0 Å². The summed E-state index contributed by atoms with van der Waals surface area (Å²) in [5.74, 6) is 0.999. The van der Waals surface area contributed by atoms with Crippen LogP contribution >= 0.6 is 0 Å². The normalized spacial score (nSPS) is 13.9. The Kier molecular flexibility index (Phi) is 3.70. The Morgan fingerprint density at radius 3 is 2.65 bits per heavy atom. The number of nitrogens with zero attached hydrogens (tertiary/aromatic N) is 2. The lowest BCUT2D eigenvalue weighted by molar-refractivity contribution is 0.665. The number of hydrogen-bond acceptors (Lipinski definition) is 3. The van der Waals surface area contributed by atoms with Crippen molar-refractivity contribution >= 4 is 11.5 Å². The summed E-state index contributed by atoms with van der Waals surface area (Å²) in [4.78, 5) is 7.04. The average molecular weight is 267 g/mol. The van der Waals surface area contributed by atoms with Crippen LogP contribution in [0.25, 0.3) is 0 Å². The van der Waals surface area contributed by atoms with Crippen molar-refractivity contribution in [2.75, 3.05) is 11.9 Å². The molecule has 1 aromatic heterocycles. The largest absolute Gasteiger partial charge is 0.329 e. The third kappa shape index (κ3) is 2.41. The minimum Gasteiger partial charge on any atom is -0.329 e. The first-order chi connectivity index (χ1) is 9.79. The van der Waals surface area contributed by atoms with Crippen LogP contribution in [-0.2, 0) is 19.4 Å². The van der Waals surface area contributed by atoms with Gasteiger partial charge < -0.3 is 10.6 Å². The van der Waals surface area contributed by atoms with Crippen molar-refractivity contribution in [2.24, 2.45) is 5.73 Å². The molecule has 0 aliphatic heterocycles. The molecule has 2 N–H and O–H groups in total. The summed E-state index contributed by atoms with van der Waals surface area (Å²) < 4.78 is 0. The molecular formula is C17H21N3. The first kappa shape index (κ1) is 13.1. The van der Waals surface area contributed by atoms with Crippen LogP contribution in [0.1, 0.15) is 29.7 Å². The third-order valence-corrected chi connectivity index (χ3v) is 4.04. The Balaban J connectivity index is 2.03. The van der Waals surface area contributed by atoms with E-state index in [0.29, 0.717) is 6.54 Å². The number of anilines is 2. The number of rotatable bonds is 3. The van der Waals surface area contributed by atoms with Gasteiger partial charge in [-0.25, -0.2) is 4.98 Å². The van der Waals surface area contributed by atoms with Gasteiger partial charge >= 0.3 is 0 Å². The standard InChI is InChI=1S/C17H21N3/c1-20(15-8-3-2-4-9-15)17-14(12-18)11-13-7-5-6-10-16(13)19-17/h2-4,8-9,11H,5-7,10,12,18H2,1H3. The highest BCUT2D eigenvalue weighted by atomic mass is 15.2. The molecule has 0 saturated carbocycles. The maximum Gasteiger partial charge on any atom is 0.137 e. The van der Waals surface area contributed by atoms with Crippen molar-refractivity contribution in [2.45, 2.75) is 32.2 Å². The fourth-order valence-electron chi connectivity index (χ4n) is 2.88. The van der Waals surface area contributed by atoms with E-state index in [1.165, 1.54) is 24.1 Å². The summed E-state index contributed by atoms with van der Waals surface area (Å²) in [5.41, 5.74) is 10.9. The number of aryl methyl sites for hydroxylation is 2.